The van der Waals surface area contributed by atoms with Gasteiger partial charge in [0.05, 0.1) is 5.92 Å². The highest BCUT2D eigenvalue weighted by Crippen LogP contribution is 2.30. The lowest BCUT2D eigenvalue weighted by molar-refractivity contribution is -0.146. The zero-order chi connectivity index (χ0) is 9.30. The lowest BCUT2D eigenvalue weighted by Gasteiger charge is -2.27. The highest BCUT2D eigenvalue weighted by molar-refractivity contribution is 5.85. The minimum atomic E-state index is -0.763. The summed E-state index contributed by atoms with van der Waals surface area (Å²) in [7, 11) is 0. The van der Waals surface area contributed by atoms with Gasteiger partial charge in [0.25, 0.3) is 0 Å². The predicted molar refractivity (Wildman–Crippen MR) is 43.7 cm³/mol. The van der Waals surface area contributed by atoms with Crippen molar-refractivity contribution in [2.75, 3.05) is 0 Å². The van der Waals surface area contributed by atoms with E-state index in [1.165, 1.54) is 0 Å². The topological polar surface area (TPSA) is 54.4 Å². The van der Waals surface area contributed by atoms with Crippen LogP contribution >= 0.6 is 0 Å². The molecule has 12 heavy (non-hydrogen) atoms. The van der Waals surface area contributed by atoms with Crippen molar-refractivity contribution in [3.63, 3.8) is 0 Å². The molecule has 1 aliphatic carbocycles. The molecule has 1 rings (SSSR count). The summed E-state index contributed by atoms with van der Waals surface area (Å²) in [5.41, 5.74) is 0. The van der Waals surface area contributed by atoms with Crippen LogP contribution in [-0.4, -0.2) is 16.9 Å². The first-order chi connectivity index (χ1) is 5.52. The highest BCUT2D eigenvalue weighted by atomic mass is 16.4. The molecule has 3 nitrogen and oxygen atoms in total. The van der Waals surface area contributed by atoms with Crippen molar-refractivity contribution in [1.29, 1.82) is 0 Å². The highest BCUT2D eigenvalue weighted by Gasteiger charge is 2.34. The van der Waals surface area contributed by atoms with Crippen LogP contribution in [0.5, 0.6) is 0 Å². The largest absolute Gasteiger partial charge is 0.481 e. The van der Waals surface area contributed by atoms with Gasteiger partial charge in [0.2, 0.25) is 0 Å². The molecule has 2 atom stereocenters. The fraction of sp³-hybridized carbons (Fsp3) is 0.778. The number of hydrogen-bond acceptors (Lipinski definition) is 2. The number of Topliss-reactive ketones (excluding diaryl/α,β-unsaturated/α-hetero) is 1. The summed E-state index contributed by atoms with van der Waals surface area (Å²) in [6.07, 6.45) is 1.02. The molecule has 0 amide bonds. The Balaban J connectivity index is 2.65. The van der Waals surface area contributed by atoms with Crippen LogP contribution in [0.4, 0.5) is 0 Å². The molecule has 0 aromatic carbocycles. The van der Waals surface area contributed by atoms with E-state index in [1.807, 2.05) is 13.8 Å². The van der Waals surface area contributed by atoms with Crippen LogP contribution in [0.15, 0.2) is 0 Å². The molecule has 0 aromatic heterocycles. The fourth-order valence-corrected chi connectivity index (χ4v) is 1.87. The number of carboxylic acid groups (broad SMARTS) is 1. The molecule has 1 aliphatic rings. The average molecular weight is 170 g/mol. The number of carbonyl (C=O) groups is 2. The van der Waals surface area contributed by atoms with Crippen LogP contribution in [0.1, 0.15) is 26.7 Å². The van der Waals surface area contributed by atoms with E-state index in [4.69, 9.17) is 5.11 Å². The maximum absolute atomic E-state index is 11.3. The Hall–Kier alpha value is -0.860. The van der Waals surface area contributed by atoms with Gasteiger partial charge in [-0.05, 0) is 12.8 Å². The van der Waals surface area contributed by atoms with Gasteiger partial charge in [-0.25, -0.2) is 0 Å². The van der Waals surface area contributed by atoms with E-state index in [0.29, 0.717) is 12.8 Å². The zero-order valence-corrected chi connectivity index (χ0v) is 7.41. The van der Waals surface area contributed by atoms with Crippen molar-refractivity contribution >= 4 is 11.8 Å². The first-order valence-electron chi connectivity index (χ1n) is 4.29. The molecule has 0 saturated heterocycles. The molecule has 0 bridgehead atoms. The molecule has 1 N–H and O–H groups in total. The smallest absolute Gasteiger partial charge is 0.306 e. The Bertz CT molecular complexity index is 196. The predicted octanol–water partition coefficient (Wildman–Crippen LogP) is 1.32. The number of rotatable bonds is 1. The molecule has 68 valence electrons. The molecule has 3 heteroatoms. The number of carbonyl (C=O) groups excluding carboxylic acids is 1. The van der Waals surface area contributed by atoms with E-state index >= 15 is 0 Å². The Morgan fingerprint density at radius 1 is 1.33 bits per heavy atom. The molecule has 0 heterocycles. The van der Waals surface area contributed by atoms with Crippen LogP contribution in [0.2, 0.25) is 0 Å². The summed E-state index contributed by atoms with van der Waals surface area (Å²) in [4.78, 5) is 21.9. The minimum absolute atomic E-state index is 0.0742. The third kappa shape index (κ3) is 1.65. The summed E-state index contributed by atoms with van der Waals surface area (Å²) >= 11 is 0. The first kappa shape index (κ1) is 9.23. The quantitative estimate of drug-likeness (QED) is 0.645. The van der Waals surface area contributed by atoms with Gasteiger partial charge in [-0.2, -0.15) is 0 Å². The van der Waals surface area contributed by atoms with Crippen molar-refractivity contribution in [2.24, 2.45) is 17.8 Å². The lowest BCUT2D eigenvalue weighted by atomic mass is 9.76. The molecule has 1 fully saturated rings. The van der Waals surface area contributed by atoms with Gasteiger partial charge in [0.1, 0.15) is 5.78 Å². The van der Waals surface area contributed by atoms with Gasteiger partial charge in [-0.1, -0.05) is 13.8 Å². The lowest BCUT2D eigenvalue weighted by Crippen LogP contribution is -2.33. The Morgan fingerprint density at radius 3 is 2.08 bits per heavy atom. The van der Waals surface area contributed by atoms with Crippen LogP contribution in [0.3, 0.4) is 0 Å². The zero-order valence-electron chi connectivity index (χ0n) is 7.41. The van der Waals surface area contributed by atoms with E-state index in [1.54, 1.807) is 0 Å². The Kier molecular flexibility index (Phi) is 2.50. The third-order valence-electron chi connectivity index (χ3n) is 2.60. The van der Waals surface area contributed by atoms with Gasteiger partial charge in [0.15, 0.2) is 0 Å². The monoisotopic (exact) mass is 170 g/mol. The molecule has 1 saturated carbocycles. The standard InChI is InChI=1S/C9H14O3/c1-5-3-7(9(11)12)4-6(2)8(5)10/h5-7H,3-4H2,1-2H3,(H,11,12). The van der Waals surface area contributed by atoms with Gasteiger partial charge >= 0.3 is 5.97 Å². The fourth-order valence-electron chi connectivity index (χ4n) is 1.87. The van der Waals surface area contributed by atoms with Crippen molar-refractivity contribution in [3.05, 3.63) is 0 Å². The molecular weight excluding hydrogens is 156 g/mol. The molecular formula is C9H14O3. The average Bonchev–Trinajstić information content (AvgIpc) is 1.99. The molecule has 2 unspecified atom stereocenters. The maximum Gasteiger partial charge on any atom is 0.306 e. The second-order valence-electron chi connectivity index (χ2n) is 3.71. The van der Waals surface area contributed by atoms with Crippen LogP contribution < -0.4 is 0 Å². The van der Waals surface area contributed by atoms with E-state index < -0.39 is 5.97 Å². The summed E-state index contributed by atoms with van der Waals surface area (Å²) < 4.78 is 0. The minimum Gasteiger partial charge on any atom is -0.481 e. The summed E-state index contributed by atoms with van der Waals surface area (Å²) in [6.45, 7) is 3.63. The van der Waals surface area contributed by atoms with Crippen LogP contribution in [0.25, 0.3) is 0 Å². The Morgan fingerprint density at radius 2 is 1.75 bits per heavy atom. The van der Waals surface area contributed by atoms with Crippen molar-refractivity contribution in [2.45, 2.75) is 26.7 Å². The molecule has 0 aliphatic heterocycles. The molecule has 0 radical (unpaired) electrons. The summed E-state index contributed by atoms with van der Waals surface area (Å²) in [6, 6.07) is 0. The first-order valence-corrected chi connectivity index (χ1v) is 4.29. The van der Waals surface area contributed by atoms with Crippen molar-refractivity contribution in [3.8, 4) is 0 Å². The van der Waals surface area contributed by atoms with E-state index in [0.717, 1.165) is 0 Å². The van der Waals surface area contributed by atoms with Gasteiger partial charge in [-0.3, -0.25) is 9.59 Å². The number of aliphatic carboxylic acids is 1. The second kappa shape index (κ2) is 3.25. The van der Waals surface area contributed by atoms with Gasteiger partial charge in [0, 0.05) is 11.8 Å². The maximum atomic E-state index is 11.3. The van der Waals surface area contributed by atoms with Crippen LogP contribution in [-0.2, 0) is 9.59 Å². The van der Waals surface area contributed by atoms with Crippen molar-refractivity contribution < 1.29 is 14.7 Å². The summed E-state index contributed by atoms with van der Waals surface area (Å²) in [5.74, 6) is -1.01. The SMILES string of the molecule is CC1CC(C(=O)O)CC(C)C1=O. The van der Waals surface area contributed by atoms with Crippen molar-refractivity contribution in [1.82, 2.24) is 0 Å². The molecule has 0 spiro atoms. The number of carboxylic acids is 1. The van der Waals surface area contributed by atoms with Crippen LogP contribution in [0, 0.1) is 17.8 Å². The summed E-state index contributed by atoms with van der Waals surface area (Å²) in [5, 5.41) is 8.75. The second-order valence-corrected chi connectivity index (χ2v) is 3.71. The molecule has 0 aromatic rings. The van der Waals surface area contributed by atoms with Gasteiger partial charge in [-0.15, -0.1) is 0 Å². The number of hydrogen-bond donors (Lipinski definition) is 1. The van der Waals surface area contributed by atoms with E-state index in [2.05, 4.69) is 0 Å². The number of ketones is 1. The van der Waals surface area contributed by atoms with E-state index in [-0.39, 0.29) is 23.5 Å². The Labute approximate surface area is 71.8 Å². The third-order valence-corrected chi connectivity index (χ3v) is 2.60. The van der Waals surface area contributed by atoms with E-state index in [9.17, 15) is 9.59 Å². The van der Waals surface area contributed by atoms with Gasteiger partial charge < -0.3 is 5.11 Å². The normalized spacial score (nSPS) is 36.5.